The van der Waals surface area contributed by atoms with Gasteiger partial charge in [0.15, 0.2) is 5.82 Å². The Morgan fingerprint density at radius 1 is 1.58 bits per heavy atom. The fourth-order valence-electron chi connectivity index (χ4n) is 2.44. The van der Waals surface area contributed by atoms with Crippen molar-refractivity contribution in [2.75, 3.05) is 42.5 Å². The van der Waals surface area contributed by atoms with Gasteiger partial charge in [-0.1, -0.05) is 0 Å². The molecule has 0 bridgehead atoms. The average molecular weight is 266 g/mol. The third-order valence-electron chi connectivity index (χ3n) is 3.39. The molecule has 1 aromatic rings. The van der Waals surface area contributed by atoms with E-state index >= 15 is 0 Å². The molecule has 1 aromatic heterocycles. The Hall–Kier alpha value is -1.53. The smallest absolute Gasteiger partial charge is 0.177 e. The van der Waals surface area contributed by atoms with Gasteiger partial charge in [-0.2, -0.15) is 0 Å². The number of rotatable bonds is 5. The fraction of sp³-hybridized carbons (Fsp3) is 0.615. The van der Waals surface area contributed by atoms with Crippen LogP contribution in [-0.2, 0) is 4.84 Å². The molecule has 1 atom stereocenters. The second-order valence-electron chi connectivity index (χ2n) is 4.67. The molecule has 0 radical (unpaired) electrons. The largest absolute Gasteiger partial charge is 0.396 e. The molecule has 3 N–H and O–H groups in total. The Labute approximate surface area is 113 Å². The number of nitrogens with two attached hydrogens (primary N) is 1. The van der Waals surface area contributed by atoms with Crippen LogP contribution in [0.2, 0.25) is 0 Å². The summed E-state index contributed by atoms with van der Waals surface area (Å²) in [4.78, 5) is 12.1. The normalized spacial score (nSPS) is 18.9. The van der Waals surface area contributed by atoms with E-state index in [0.717, 1.165) is 25.2 Å². The summed E-state index contributed by atoms with van der Waals surface area (Å²) in [6, 6.07) is 3.88. The van der Waals surface area contributed by atoms with Gasteiger partial charge in [0, 0.05) is 13.6 Å². The number of aliphatic hydroxyl groups excluding tert-OH is 1. The summed E-state index contributed by atoms with van der Waals surface area (Å²) in [5.74, 6) is 1.45. The van der Waals surface area contributed by atoms with Crippen LogP contribution in [-0.4, -0.2) is 42.9 Å². The lowest BCUT2D eigenvalue weighted by molar-refractivity contribution is 0.133. The minimum atomic E-state index is 0.154. The number of pyridine rings is 1. The number of aliphatic hydroxyl groups is 1. The number of nitrogens with zero attached hydrogens (tertiary/aromatic N) is 3. The van der Waals surface area contributed by atoms with Crippen LogP contribution < -0.4 is 15.7 Å². The molecule has 1 aliphatic heterocycles. The monoisotopic (exact) mass is 266 g/mol. The highest BCUT2D eigenvalue weighted by molar-refractivity contribution is 5.65. The molecule has 19 heavy (non-hydrogen) atoms. The molecule has 1 saturated heterocycles. The van der Waals surface area contributed by atoms with Crippen molar-refractivity contribution in [3.8, 4) is 0 Å². The van der Waals surface area contributed by atoms with E-state index in [2.05, 4.69) is 9.88 Å². The molecule has 6 nitrogen and oxygen atoms in total. The van der Waals surface area contributed by atoms with Gasteiger partial charge in [-0.05, 0) is 31.9 Å². The zero-order chi connectivity index (χ0) is 13.8. The van der Waals surface area contributed by atoms with Gasteiger partial charge < -0.3 is 15.7 Å². The predicted octanol–water partition coefficient (Wildman–Crippen LogP) is 1.01. The Morgan fingerprint density at radius 3 is 3.05 bits per heavy atom. The molecule has 2 heterocycles. The highest BCUT2D eigenvalue weighted by atomic mass is 16.7. The molecular weight excluding hydrogens is 244 g/mol. The Kier molecular flexibility index (Phi) is 4.44. The first-order valence-corrected chi connectivity index (χ1v) is 6.68. The number of anilines is 3. The summed E-state index contributed by atoms with van der Waals surface area (Å²) in [6.45, 7) is 3.55. The average Bonchev–Trinajstić information content (AvgIpc) is 2.88. The topological polar surface area (TPSA) is 74.8 Å². The van der Waals surface area contributed by atoms with E-state index < -0.39 is 0 Å². The number of hydrogen-bond donors (Lipinski definition) is 2. The van der Waals surface area contributed by atoms with Crippen molar-refractivity contribution in [2.45, 2.75) is 25.8 Å². The summed E-state index contributed by atoms with van der Waals surface area (Å²) in [7, 11) is 1.79. The van der Waals surface area contributed by atoms with Crippen LogP contribution in [0.4, 0.5) is 17.3 Å². The van der Waals surface area contributed by atoms with Crippen molar-refractivity contribution >= 4 is 17.3 Å². The predicted molar refractivity (Wildman–Crippen MR) is 76.1 cm³/mol. The van der Waals surface area contributed by atoms with Gasteiger partial charge in [0.1, 0.15) is 5.82 Å². The lowest BCUT2D eigenvalue weighted by atomic mass is 10.2. The van der Waals surface area contributed by atoms with Gasteiger partial charge in [0.05, 0.1) is 24.9 Å². The Morgan fingerprint density at radius 2 is 2.37 bits per heavy atom. The van der Waals surface area contributed by atoms with E-state index in [9.17, 15) is 5.11 Å². The van der Waals surface area contributed by atoms with Crippen LogP contribution in [0.1, 0.15) is 19.8 Å². The second-order valence-corrected chi connectivity index (χ2v) is 4.67. The molecule has 0 spiro atoms. The van der Waals surface area contributed by atoms with E-state index in [1.807, 2.05) is 19.1 Å². The van der Waals surface area contributed by atoms with E-state index in [0.29, 0.717) is 18.1 Å². The van der Waals surface area contributed by atoms with E-state index in [1.165, 1.54) is 0 Å². The highest BCUT2D eigenvalue weighted by Crippen LogP contribution is 2.28. The van der Waals surface area contributed by atoms with Crippen molar-refractivity contribution in [1.82, 2.24) is 4.98 Å². The summed E-state index contributed by atoms with van der Waals surface area (Å²) in [5.41, 5.74) is 6.52. The van der Waals surface area contributed by atoms with Crippen molar-refractivity contribution < 1.29 is 9.94 Å². The summed E-state index contributed by atoms with van der Waals surface area (Å²) in [6.07, 6.45) is 2.08. The fourth-order valence-corrected chi connectivity index (χ4v) is 2.44. The molecule has 0 amide bonds. The van der Waals surface area contributed by atoms with Gasteiger partial charge in [0.25, 0.3) is 0 Å². The van der Waals surface area contributed by atoms with Crippen molar-refractivity contribution in [3.63, 3.8) is 0 Å². The molecule has 0 saturated carbocycles. The minimum Gasteiger partial charge on any atom is -0.396 e. The quantitative estimate of drug-likeness (QED) is 0.775. The number of aromatic nitrogens is 1. The van der Waals surface area contributed by atoms with Gasteiger partial charge >= 0.3 is 0 Å². The van der Waals surface area contributed by atoms with Gasteiger partial charge in [-0.15, -0.1) is 0 Å². The first kappa shape index (κ1) is 13.9. The van der Waals surface area contributed by atoms with E-state index in [1.54, 1.807) is 12.1 Å². The third-order valence-corrected chi connectivity index (χ3v) is 3.39. The number of nitrogen functional groups attached to an aromatic ring is 1. The zero-order valence-corrected chi connectivity index (χ0v) is 11.5. The minimum absolute atomic E-state index is 0.154. The molecule has 0 aliphatic carbocycles. The third kappa shape index (κ3) is 2.90. The maximum atomic E-state index is 9.39. The second kappa shape index (κ2) is 6.08. The summed E-state index contributed by atoms with van der Waals surface area (Å²) >= 11 is 0. The molecule has 1 fully saturated rings. The first-order chi connectivity index (χ1) is 9.17. The van der Waals surface area contributed by atoms with Crippen LogP contribution in [0, 0.1) is 0 Å². The van der Waals surface area contributed by atoms with E-state index in [4.69, 9.17) is 10.6 Å². The summed E-state index contributed by atoms with van der Waals surface area (Å²) in [5, 5.41) is 11.0. The Bertz CT molecular complexity index is 427. The zero-order valence-electron chi connectivity index (χ0n) is 11.5. The van der Waals surface area contributed by atoms with Crippen molar-refractivity contribution in [2.24, 2.45) is 0 Å². The van der Waals surface area contributed by atoms with Crippen LogP contribution in [0.25, 0.3) is 0 Å². The van der Waals surface area contributed by atoms with Crippen LogP contribution in [0.5, 0.6) is 0 Å². The molecular formula is C13H22N4O2. The van der Waals surface area contributed by atoms with Gasteiger partial charge in [-0.25, -0.2) is 10.0 Å². The summed E-state index contributed by atoms with van der Waals surface area (Å²) < 4.78 is 0. The molecule has 2 rings (SSSR count). The Balaban J connectivity index is 2.25. The maximum Gasteiger partial charge on any atom is 0.177 e. The van der Waals surface area contributed by atoms with Crippen molar-refractivity contribution in [3.05, 3.63) is 12.1 Å². The standard InChI is InChI=1S/C13H22N4O2/c1-3-19-16(2)13-11(14)6-7-12(15-13)17-8-4-5-10(17)9-18/h6-7,10,18H,3-5,8-9,14H2,1-2H3. The lowest BCUT2D eigenvalue weighted by Crippen LogP contribution is -2.33. The van der Waals surface area contributed by atoms with Crippen LogP contribution in [0.15, 0.2) is 12.1 Å². The van der Waals surface area contributed by atoms with Crippen LogP contribution in [0.3, 0.4) is 0 Å². The van der Waals surface area contributed by atoms with Crippen molar-refractivity contribution in [1.29, 1.82) is 0 Å². The molecule has 1 unspecified atom stereocenters. The SMILES string of the molecule is CCON(C)c1nc(N2CCCC2CO)ccc1N. The molecule has 106 valence electrons. The highest BCUT2D eigenvalue weighted by Gasteiger charge is 2.25. The van der Waals surface area contributed by atoms with E-state index in [-0.39, 0.29) is 12.6 Å². The number of hydroxylamine groups is 1. The van der Waals surface area contributed by atoms with Gasteiger partial charge in [0.2, 0.25) is 0 Å². The lowest BCUT2D eigenvalue weighted by Gasteiger charge is -2.26. The molecule has 1 aliphatic rings. The maximum absolute atomic E-state index is 9.39. The number of hydrogen-bond acceptors (Lipinski definition) is 6. The van der Waals surface area contributed by atoms with Gasteiger partial charge in [-0.3, -0.25) is 4.84 Å². The molecule has 6 heteroatoms. The molecule has 0 aromatic carbocycles. The van der Waals surface area contributed by atoms with Crippen LogP contribution >= 0.6 is 0 Å². The first-order valence-electron chi connectivity index (χ1n) is 6.68.